The van der Waals surface area contributed by atoms with E-state index in [1.165, 1.54) is 0 Å². The molecule has 26 heavy (non-hydrogen) atoms. The molecule has 2 aromatic carbocycles. The van der Waals surface area contributed by atoms with Crippen LogP contribution in [0.1, 0.15) is 24.0 Å². The van der Waals surface area contributed by atoms with Gasteiger partial charge in [0.15, 0.2) is 11.5 Å². The fraction of sp³-hybridized carbons (Fsp3) is 0.400. The first kappa shape index (κ1) is 19.5. The zero-order valence-corrected chi connectivity index (χ0v) is 17.1. The summed E-state index contributed by atoms with van der Waals surface area (Å²) in [6.45, 7) is 2.91. The molecule has 1 atom stereocenters. The largest absolute Gasteiger partial charge is 0.493 e. The third-order valence-electron chi connectivity index (χ3n) is 4.33. The molecule has 0 spiro atoms. The molecule has 140 valence electrons. The lowest BCUT2D eigenvalue weighted by Crippen LogP contribution is -2.25. The van der Waals surface area contributed by atoms with Crippen molar-refractivity contribution < 1.29 is 14.2 Å². The van der Waals surface area contributed by atoms with Crippen LogP contribution in [0.3, 0.4) is 0 Å². The molecule has 2 aromatic rings. The summed E-state index contributed by atoms with van der Waals surface area (Å²) in [5.41, 5.74) is 2.13. The van der Waals surface area contributed by atoms with E-state index in [9.17, 15) is 0 Å². The van der Waals surface area contributed by atoms with Crippen LogP contribution in [0.5, 0.6) is 11.5 Å². The average Bonchev–Trinajstić information content (AvgIpc) is 3.15. The van der Waals surface area contributed by atoms with Gasteiger partial charge in [0.1, 0.15) is 6.61 Å². The van der Waals surface area contributed by atoms with Crippen molar-refractivity contribution >= 4 is 27.5 Å². The molecule has 0 amide bonds. The lowest BCUT2D eigenvalue weighted by atomic mass is 10.2. The second kappa shape index (κ2) is 9.60. The predicted molar refractivity (Wildman–Crippen MR) is 107 cm³/mol. The minimum absolute atomic E-state index is 0.330. The van der Waals surface area contributed by atoms with Crippen molar-refractivity contribution in [3.8, 4) is 11.5 Å². The van der Waals surface area contributed by atoms with E-state index in [0.29, 0.717) is 29.2 Å². The summed E-state index contributed by atoms with van der Waals surface area (Å²) >= 11 is 9.66. The van der Waals surface area contributed by atoms with E-state index in [1.807, 2.05) is 36.4 Å². The Kier molecular flexibility index (Phi) is 7.20. The number of halogens is 2. The van der Waals surface area contributed by atoms with Crippen LogP contribution in [-0.2, 0) is 17.9 Å². The first-order valence-electron chi connectivity index (χ1n) is 8.71. The SMILES string of the molecule is COc1cc(CNCC2CCCO2)c(Br)cc1OCc1cccc(Cl)c1. The molecular weight excluding hydrogens is 418 g/mol. The monoisotopic (exact) mass is 439 g/mol. The Hall–Kier alpha value is -1.27. The van der Waals surface area contributed by atoms with Crippen molar-refractivity contribution in [2.45, 2.75) is 32.1 Å². The first-order chi connectivity index (χ1) is 12.7. The molecular formula is C20H23BrClNO3. The molecule has 1 aliphatic heterocycles. The molecule has 1 N–H and O–H groups in total. The zero-order valence-electron chi connectivity index (χ0n) is 14.8. The number of hydrogen-bond acceptors (Lipinski definition) is 4. The van der Waals surface area contributed by atoms with Gasteiger partial charge in [-0.25, -0.2) is 0 Å². The molecule has 4 nitrogen and oxygen atoms in total. The van der Waals surface area contributed by atoms with Crippen LogP contribution in [0.15, 0.2) is 40.9 Å². The Bertz CT molecular complexity index is 735. The van der Waals surface area contributed by atoms with Crippen molar-refractivity contribution in [2.75, 3.05) is 20.3 Å². The lowest BCUT2D eigenvalue weighted by Gasteiger charge is -2.15. The molecule has 1 fully saturated rings. The summed E-state index contributed by atoms with van der Waals surface area (Å²) in [5, 5.41) is 4.15. The molecule has 0 radical (unpaired) electrons. The van der Waals surface area contributed by atoms with Gasteiger partial charge in [-0.3, -0.25) is 0 Å². The highest BCUT2D eigenvalue weighted by Crippen LogP contribution is 2.34. The van der Waals surface area contributed by atoms with Gasteiger partial charge in [-0.05, 0) is 48.2 Å². The topological polar surface area (TPSA) is 39.7 Å². The van der Waals surface area contributed by atoms with Crippen LogP contribution in [0.25, 0.3) is 0 Å². The Morgan fingerprint density at radius 3 is 2.88 bits per heavy atom. The number of nitrogens with one attached hydrogen (secondary N) is 1. The number of rotatable bonds is 8. The molecule has 1 unspecified atom stereocenters. The molecule has 6 heteroatoms. The van der Waals surface area contributed by atoms with Crippen LogP contribution in [0.4, 0.5) is 0 Å². The van der Waals surface area contributed by atoms with E-state index in [1.54, 1.807) is 7.11 Å². The first-order valence-corrected chi connectivity index (χ1v) is 9.89. The van der Waals surface area contributed by atoms with Crippen LogP contribution in [0.2, 0.25) is 5.02 Å². The maximum absolute atomic E-state index is 6.02. The summed E-state index contributed by atoms with van der Waals surface area (Å²) < 4.78 is 18.1. The highest BCUT2D eigenvalue weighted by molar-refractivity contribution is 9.10. The maximum atomic E-state index is 6.02. The molecule has 1 heterocycles. The second-order valence-electron chi connectivity index (χ2n) is 6.28. The summed E-state index contributed by atoms with van der Waals surface area (Å²) in [7, 11) is 1.65. The van der Waals surface area contributed by atoms with Gasteiger partial charge in [0.2, 0.25) is 0 Å². The van der Waals surface area contributed by atoms with Crippen molar-refractivity contribution in [1.82, 2.24) is 5.32 Å². The normalized spacial score (nSPS) is 16.7. The fourth-order valence-corrected chi connectivity index (χ4v) is 3.62. The zero-order chi connectivity index (χ0) is 18.4. The third-order valence-corrected chi connectivity index (χ3v) is 5.30. The van der Waals surface area contributed by atoms with E-state index in [0.717, 1.165) is 48.1 Å². The maximum Gasteiger partial charge on any atom is 0.162 e. The van der Waals surface area contributed by atoms with Gasteiger partial charge in [0.25, 0.3) is 0 Å². The second-order valence-corrected chi connectivity index (χ2v) is 7.57. The van der Waals surface area contributed by atoms with E-state index < -0.39 is 0 Å². The van der Waals surface area contributed by atoms with Crippen LogP contribution < -0.4 is 14.8 Å². The summed E-state index contributed by atoms with van der Waals surface area (Å²) in [6.07, 6.45) is 2.62. The highest BCUT2D eigenvalue weighted by Gasteiger charge is 2.15. The van der Waals surface area contributed by atoms with E-state index in [4.69, 9.17) is 25.8 Å². The number of ether oxygens (including phenoxy) is 3. The van der Waals surface area contributed by atoms with Crippen LogP contribution in [0, 0.1) is 0 Å². The Morgan fingerprint density at radius 1 is 1.27 bits per heavy atom. The van der Waals surface area contributed by atoms with Gasteiger partial charge >= 0.3 is 0 Å². The van der Waals surface area contributed by atoms with Gasteiger partial charge in [-0.1, -0.05) is 39.7 Å². The highest BCUT2D eigenvalue weighted by atomic mass is 79.9. The van der Waals surface area contributed by atoms with Crippen molar-refractivity contribution in [2.24, 2.45) is 0 Å². The Morgan fingerprint density at radius 2 is 2.15 bits per heavy atom. The number of hydrogen-bond donors (Lipinski definition) is 1. The Balaban J connectivity index is 1.62. The van der Waals surface area contributed by atoms with Gasteiger partial charge in [0.05, 0.1) is 13.2 Å². The van der Waals surface area contributed by atoms with Crippen molar-refractivity contribution in [3.05, 3.63) is 57.0 Å². The number of methoxy groups -OCH3 is 1. The molecule has 0 bridgehead atoms. The van der Waals surface area contributed by atoms with E-state index in [-0.39, 0.29) is 0 Å². The number of benzene rings is 2. The standard InChI is InChI=1S/C20H23BrClNO3/c1-24-19-9-15(11-23-12-17-6-3-7-25-17)18(21)10-20(19)26-13-14-4-2-5-16(22)8-14/h2,4-5,8-10,17,23H,3,6-7,11-13H2,1H3. The molecule has 1 aliphatic rings. The summed E-state index contributed by atoms with van der Waals surface area (Å²) in [5.74, 6) is 1.41. The predicted octanol–water partition coefficient (Wildman–Crippen LogP) is 4.96. The average molecular weight is 441 g/mol. The van der Waals surface area contributed by atoms with E-state index >= 15 is 0 Å². The van der Waals surface area contributed by atoms with Gasteiger partial charge in [-0.2, -0.15) is 0 Å². The minimum atomic E-state index is 0.330. The fourth-order valence-electron chi connectivity index (χ4n) is 2.95. The van der Waals surface area contributed by atoms with Crippen molar-refractivity contribution in [3.63, 3.8) is 0 Å². The van der Waals surface area contributed by atoms with Gasteiger partial charge < -0.3 is 19.5 Å². The molecule has 3 rings (SSSR count). The lowest BCUT2D eigenvalue weighted by molar-refractivity contribution is 0.110. The van der Waals surface area contributed by atoms with Gasteiger partial charge in [-0.15, -0.1) is 0 Å². The smallest absolute Gasteiger partial charge is 0.162 e. The molecule has 1 saturated heterocycles. The Labute approximate surface area is 167 Å². The van der Waals surface area contributed by atoms with Gasteiger partial charge in [0, 0.05) is 29.2 Å². The molecule has 0 saturated carbocycles. The third kappa shape index (κ3) is 5.36. The van der Waals surface area contributed by atoms with E-state index in [2.05, 4.69) is 21.2 Å². The summed E-state index contributed by atoms with van der Waals surface area (Å²) in [4.78, 5) is 0. The molecule has 0 aromatic heterocycles. The summed E-state index contributed by atoms with van der Waals surface area (Å²) in [6, 6.07) is 11.6. The molecule has 0 aliphatic carbocycles. The quantitative estimate of drug-likeness (QED) is 0.630. The van der Waals surface area contributed by atoms with Crippen molar-refractivity contribution in [1.29, 1.82) is 0 Å². The van der Waals surface area contributed by atoms with Crippen LogP contribution >= 0.6 is 27.5 Å². The van der Waals surface area contributed by atoms with Crippen LogP contribution in [-0.4, -0.2) is 26.4 Å². The minimum Gasteiger partial charge on any atom is -0.493 e.